The van der Waals surface area contributed by atoms with Crippen LogP contribution in [-0.2, 0) is 32.7 Å². The van der Waals surface area contributed by atoms with Crippen molar-refractivity contribution in [3.63, 3.8) is 0 Å². The topological polar surface area (TPSA) is 108 Å². The van der Waals surface area contributed by atoms with Crippen molar-refractivity contribution >= 4 is 19.8 Å². The fraction of sp³-hybridized carbons (Fsp3) is 0.765. The van der Waals surface area contributed by atoms with E-state index in [1.165, 1.54) is 96.3 Å². The number of hydrogen-bond acceptors (Lipinski definition) is 7. The van der Waals surface area contributed by atoms with Crippen LogP contribution in [0.2, 0.25) is 0 Å². The number of phosphoric ester groups is 1. The first-order chi connectivity index (χ1) is 29.5. The monoisotopic (exact) mass is 879 g/mol. The highest BCUT2D eigenvalue weighted by atomic mass is 31.2. The lowest BCUT2D eigenvalue weighted by atomic mass is 10.0. The molecule has 2 atom stereocenters. The number of nitrogens with zero attached hydrogens (tertiary/aromatic N) is 1. The zero-order valence-electron chi connectivity index (χ0n) is 39.9. The van der Waals surface area contributed by atoms with Gasteiger partial charge in [-0.05, 0) is 57.8 Å². The number of ether oxygens (including phenoxy) is 2. The summed E-state index contributed by atoms with van der Waals surface area (Å²) in [6.45, 7) is 4.24. The largest absolute Gasteiger partial charge is 0.472 e. The maximum absolute atomic E-state index is 12.7. The van der Waals surface area contributed by atoms with Crippen LogP contribution in [0, 0.1) is 0 Å². The van der Waals surface area contributed by atoms with Gasteiger partial charge in [-0.2, -0.15) is 0 Å². The third-order valence-corrected chi connectivity index (χ3v) is 11.3. The van der Waals surface area contributed by atoms with Crippen molar-refractivity contribution in [3.8, 4) is 0 Å². The Morgan fingerprint density at radius 1 is 0.525 bits per heavy atom. The molecule has 0 aromatic heterocycles. The van der Waals surface area contributed by atoms with E-state index in [0.29, 0.717) is 17.4 Å². The van der Waals surface area contributed by atoms with Gasteiger partial charge in [-0.15, -0.1) is 0 Å². The normalized spacial score (nSPS) is 14.0. The fourth-order valence-electron chi connectivity index (χ4n) is 6.51. The van der Waals surface area contributed by atoms with E-state index in [2.05, 4.69) is 74.6 Å². The molecular formula is C51H93NO8P+. The van der Waals surface area contributed by atoms with Gasteiger partial charge in [0, 0.05) is 12.8 Å². The highest BCUT2D eigenvalue weighted by molar-refractivity contribution is 7.47. The highest BCUT2D eigenvalue weighted by Crippen LogP contribution is 2.43. The molecule has 0 aromatic carbocycles. The summed E-state index contributed by atoms with van der Waals surface area (Å²) in [5.41, 5.74) is 0. The molecule has 0 aliphatic heterocycles. The standard InChI is InChI=1S/C51H92NO8P/c1-6-8-10-12-14-15-16-17-18-19-20-21-22-23-24-25-26-27-28-29-30-31-32-33-34-35-36-37-38-40-42-44-51(54)60-49(47-57-50(53)43-41-39-13-11-9-7-2)48-59-61(55,56)58-46-45-52(3,4)5/h8,10,14-15,17-18,20-21,23-24,49H,6-7,9,11-13,16,19,22,25-48H2,1-5H3/p+1/b10-8-,15-14-,18-17-,21-20-,24-23-. The van der Waals surface area contributed by atoms with E-state index in [-0.39, 0.29) is 32.0 Å². The molecule has 10 heteroatoms. The number of quaternary nitrogens is 1. The second kappa shape index (κ2) is 43.0. The SMILES string of the molecule is CC/C=C\C/C=C\C/C=C\C/C=C\C/C=C\CCCCCCCCCCCCCCCCCC(=O)OC(COC(=O)CCCCCCCC)COP(=O)(O)OCC[N+](C)(C)C. The molecule has 0 saturated carbocycles. The lowest BCUT2D eigenvalue weighted by molar-refractivity contribution is -0.870. The number of carbonyl (C=O) groups is 2. The van der Waals surface area contributed by atoms with Gasteiger partial charge < -0.3 is 18.9 Å². The molecule has 0 bridgehead atoms. The molecule has 0 fully saturated rings. The third kappa shape index (κ3) is 47.0. The van der Waals surface area contributed by atoms with Crippen LogP contribution in [-0.4, -0.2) is 74.9 Å². The molecule has 2 unspecified atom stereocenters. The van der Waals surface area contributed by atoms with E-state index in [9.17, 15) is 19.0 Å². The van der Waals surface area contributed by atoms with Crippen molar-refractivity contribution in [2.45, 2.75) is 206 Å². The van der Waals surface area contributed by atoms with Crippen LogP contribution in [0.4, 0.5) is 0 Å². The van der Waals surface area contributed by atoms with Crippen LogP contribution in [0.15, 0.2) is 60.8 Å². The predicted molar refractivity (Wildman–Crippen MR) is 256 cm³/mol. The van der Waals surface area contributed by atoms with E-state index in [0.717, 1.165) is 70.6 Å². The Morgan fingerprint density at radius 3 is 1.39 bits per heavy atom. The second-order valence-electron chi connectivity index (χ2n) is 17.5. The Kier molecular flexibility index (Phi) is 41.4. The molecule has 0 rings (SSSR count). The van der Waals surface area contributed by atoms with E-state index < -0.39 is 26.5 Å². The van der Waals surface area contributed by atoms with Gasteiger partial charge in [-0.3, -0.25) is 18.6 Å². The Morgan fingerprint density at radius 2 is 0.934 bits per heavy atom. The van der Waals surface area contributed by atoms with Crippen LogP contribution in [0.1, 0.15) is 200 Å². The number of rotatable bonds is 44. The summed E-state index contributed by atoms with van der Waals surface area (Å²) < 4.78 is 34.2. The van der Waals surface area contributed by atoms with E-state index >= 15 is 0 Å². The number of unbranched alkanes of at least 4 members (excludes halogenated alkanes) is 20. The minimum absolute atomic E-state index is 0.0314. The quantitative estimate of drug-likeness (QED) is 0.0212. The number of carbonyl (C=O) groups excluding carboxylic acids is 2. The Hall–Kier alpha value is -2.29. The van der Waals surface area contributed by atoms with Crippen molar-refractivity contribution in [2.24, 2.45) is 0 Å². The summed E-state index contributed by atoms with van der Waals surface area (Å²) in [5, 5.41) is 0. The number of esters is 2. The van der Waals surface area contributed by atoms with Gasteiger partial charge in [-0.25, -0.2) is 4.57 Å². The average molecular weight is 879 g/mol. The smallest absolute Gasteiger partial charge is 0.462 e. The first kappa shape index (κ1) is 58.7. The van der Waals surface area contributed by atoms with Gasteiger partial charge in [0.05, 0.1) is 27.7 Å². The summed E-state index contributed by atoms with van der Waals surface area (Å²) in [6, 6.07) is 0. The third-order valence-electron chi connectivity index (χ3n) is 10.3. The summed E-state index contributed by atoms with van der Waals surface area (Å²) in [4.78, 5) is 35.2. The van der Waals surface area contributed by atoms with Gasteiger partial charge in [0.1, 0.15) is 19.8 Å². The fourth-order valence-corrected chi connectivity index (χ4v) is 7.25. The van der Waals surface area contributed by atoms with Crippen LogP contribution in [0.25, 0.3) is 0 Å². The lowest BCUT2D eigenvalue weighted by Crippen LogP contribution is -2.37. The molecule has 9 nitrogen and oxygen atoms in total. The highest BCUT2D eigenvalue weighted by Gasteiger charge is 2.27. The van der Waals surface area contributed by atoms with Crippen molar-refractivity contribution in [1.29, 1.82) is 0 Å². The number of hydrogen-bond donors (Lipinski definition) is 1. The molecule has 0 aliphatic carbocycles. The molecule has 0 radical (unpaired) electrons. The summed E-state index contributed by atoms with van der Waals surface area (Å²) in [6.07, 6.45) is 53.2. The zero-order chi connectivity index (χ0) is 45.0. The molecule has 0 aliphatic rings. The molecule has 61 heavy (non-hydrogen) atoms. The molecule has 0 amide bonds. The predicted octanol–water partition coefficient (Wildman–Crippen LogP) is 14.4. The Balaban J connectivity index is 3.97. The van der Waals surface area contributed by atoms with Crippen molar-refractivity contribution in [3.05, 3.63) is 60.8 Å². The maximum atomic E-state index is 12.7. The van der Waals surface area contributed by atoms with Gasteiger partial charge in [0.15, 0.2) is 6.10 Å². The van der Waals surface area contributed by atoms with Crippen molar-refractivity contribution in [2.75, 3.05) is 47.5 Å². The van der Waals surface area contributed by atoms with Gasteiger partial charge in [0.25, 0.3) is 0 Å². The first-order valence-electron chi connectivity index (χ1n) is 24.5. The molecule has 0 aromatic rings. The summed E-state index contributed by atoms with van der Waals surface area (Å²) >= 11 is 0. The van der Waals surface area contributed by atoms with Crippen LogP contribution < -0.4 is 0 Å². The molecule has 354 valence electrons. The van der Waals surface area contributed by atoms with Crippen LogP contribution in [0.5, 0.6) is 0 Å². The number of likely N-dealkylation sites (N-methyl/N-ethyl adjacent to an activating group) is 1. The van der Waals surface area contributed by atoms with Crippen molar-refractivity contribution < 1.29 is 42.1 Å². The second-order valence-corrected chi connectivity index (χ2v) is 18.9. The molecule has 0 heterocycles. The summed E-state index contributed by atoms with van der Waals surface area (Å²) in [5.74, 6) is -0.807. The molecule has 0 saturated heterocycles. The minimum atomic E-state index is -4.37. The average Bonchev–Trinajstić information content (AvgIpc) is 3.21. The van der Waals surface area contributed by atoms with E-state index in [4.69, 9.17) is 18.5 Å². The van der Waals surface area contributed by atoms with Gasteiger partial charge in [0.2, 0.25) is 0 Å². The molecule has 0 spiro atoms. The van der Waals surface area contributed by atoms with Gasteiger partial charge in [-0.1, -0.05) is 190 Å². The lowest BCUT2D eigenvalue weighted by Gasteiger charge is -2.24. The minimum Gasteiger partial charge on any atom is -0.462 e. The molecular weight excluding hydrogens is 786 g/mol. The van der Waals surface area contributed by atoms with Crippen LogP contribution >= 0.6 is 7.82 Å². The number of allylic oxidation sites excluding steroid dienone is 10. The van der Waals surface area contributed by atoms with Crippen LogP contribution in [0.3, 0.4) is 0 Å². The number of phosphoric acid groups is 1. The Bertz CT molecular complexity index is 1220. The van der Waals surface area contributed by atoms with Crippen molar-refractivity contribution in [1.82, 2.24) is 0 Å². The first-order valence-corrected chi connectivity index (χ1v) is 26.0. The van der Waals surface area contributed by atoms with E-state index in [1.54, 1.807) is 0 Å². The van der Waals surface area contributed by atoms with Gasteiger partial charge >= 0.3 is 19.8 Å². The maximum Gasteiger partial charge on any atom is 0.472 e. The summed E-state index contributed by atoms with van der Waals surface area (Å²) in [7, 11) is 1.47. The molecule has 1 N–H and O–H groups in total. The van der Waals surface area contributed by atoms with E-state index in [1.807, 2.05) is 21.1 Å². The zero-order valence-corrected chi connectivity index (χ0v) is 40.8. The Labute approximate surface area is 375 Å².